The van der Waals surface area contributed by atoms with E-state index < -0.39 is 26.8 Å². The average molecular weight is 565 g/mol. The molecule has 2 amide bonds. The van der Waals surface area contributed by atoms with Gasteiger partial charge in [-0.25, -0.2) is 4.79 Å². The highest BCUT2D eigenvalue weighted by Gasteiger charge is 2.32. The third-order valence-corrected chi connectivity index (χ3v) is 6.99. The summed E-state index contributed by atoms with van der Waals surface area (Å²) in [5, 5.41) is 2.94. The van der Waals surface area contributed by atoms with Crippen molar-refractivity contribution in [2.24, 2.45) is 5.92 Å². The minimum absolute atomic E-state index is 0.0611. The van der Waals surface area contributed by atoms with Gasteiger partial charge in [0.15, 0.2) is 11.5 Å². The fourth-order valence-electron chi connectivity index (χ4n) is 3.90. The molecule has 7 nitrogen and oxygen atoms in total. The number of carbonyl (C=O) groups is 1. The normalized spacial score (nSPS) is 11.8. The summed E-state index contributed by atoms with van der Waals surface area (Å²) in [4.78, 5) is 14.2. The SMILES string of the molecule is CCc1ccccc1NC(=O)N(Cc1ccc(OC)c(OS(=O)(=O)c2cccc(C(F)(F)F)c2)c1)CC(C)C. The zero-order valence-electron chi connectivity index (χ0n) is 22.1. The van der Waals surface area contributed by atoms with Crippen LogP contribution in [0.4, 0.5) is 23.7 Å². The standard InChI is InChI=1S/C28H31F3N2O5S/c1-5-21-9-6-7-12-24(21)32-27(34)33(17-19(2)3)18-20-13-14-25(37-4)26(15-20)38-39(35,36)23-11-8-10-22(16-23)28(29,30)31/h6-16,19H,5,17-18H2,1-4H3,(H,32,34). The molecule has 0 saturated carbocycles. The Kier molecular flexibility index (Phi) is 9.49. The predicted octanol–water partition coefficient (Wildman–Crippen LogP) is 6.73. The quantitative estimate of drug-likeness (QED) is 0.276. The summed E-state index contributed by atoms with van der Waals surface area (Å²) in [7, 11) is -3.32. The van der Waals surface area contributed by atoms with Gasteiger partial charge in [-0.3, -0.25) is 0 Å². The molecule has 0 heterocycles. The van der Waals surface area contributed by atoms with E-state index in [2.05, 4.69) is 5.32 Å². The topological polar surface area (TPSA) is 84.9 Å². The number of benzene rings is 3. The Bertz CT molecular complexity index is 1410. The zero-order valence-corrected chi connectivity index (χ0v) is 22.9. The lowest BCUT2D eigenvalue weighted by Crippen LogP contribution is -2.37. The second-order valence-corrected chi connectivity index (χ2v) is 10.8. The lowest BCUT2D eigenvalue weighted by molar-refractivity contribution is -0.137. The van der Waals surface area contributed by atoms with E-state index in [-0.39, 0.29) is 30.0 Å². The summed E-state index contributed by atoms with van der Waals surface area (Å²) < 4.78 is 75.6. The van der Waals surface area contributed by atoms with Gasteiger partial charge in [-0.15, -0.1) is 0 Å². The fraction of sp³-hybridized carbons (Fsp3) is 0.321. The molecule has 0 bridgehead atoms. The summed E-state index contributed by atoms with van der Waals surface area (Å²) in [6, 6.07) is 15.0. The maximum atomic E-state index is 13.2. The van der Waals surface area contributed by atoms with Crippen LogP contribution in [0.15, 0.2) is 71.6 Å². The van der Waals surface area contributed by atoms with Gasteiger partial charge in [0.25, 0.3) is 0 Å². The van der Waals surface area contributed by atoms with Gasteiger partial charge >= 0.3 is 22.3 Å². The van der Waals surface area contributed by atoms with E-state index in [0.717, 1.165) is 30.2 Å². The molecule has 0 aromatic heterocycles. The third kappa shape index (κ3) is 7.89. The van der Waals surface area contributed by atoms with Crippen molar-refractivity contribution in [3.8, 4) is 11.5 Å². The molecule has 0 aliphatic heterocycles. The number of nitrogens with one attached hydrogen (secondary N) is 1. The first kappa shape index (κ1) is 29.8. The minimum atomic E-state index is -4.72. The number of carbonyl (C=O) groups excluding carboxylic acids is 1. The molecule has 11 heteroatoms. The van der Waals surface area contributed by atoms with Gasteiger partial charge < -0.3 is 19.1 Å². The van der Waals surface area contributed by atoms with Gasteiger partial charge in [-0.05, 0) is 59.9 Å². The molecule has 210 valence electrons. The van der Waals surface area contributed by atoms with E-state index in [1.807, 2.05) is 45.0 Å². The molecule has 0 aliphatic rings. The Balaban J connectivity index is 1.89. The first-order chi connectivity index (χ1) is 18.3. The van der Waals surface area contributed by atoms with Crippen LogP contribution in [0.2, 0.25) is 0 Å². The summed E-state index contributed by atoms with van der Waals surface area (Å²) in [5.74, 6) is -0.0212. The molecular formula is C28H31F3N2O5S. The van der Waals surface area contributed by atoms with Crippen LogP contribution in [0.5, 0.6) is 11.5 Å². The summed E-state index contributed by atoms with van der Waals surface area (Å²) in [5.41, 5.74) is 1.09. The van der Waals surface area contributed by atoms with Crippen molar-refractivity contribution in [1.82, 2.24) is 4.90 Å². The summed E-state index contributed by atoms with van der Waals surface area (Å²) in [6.45, 7) is 6.44. The molecule has 0 spiro atoms. The zero-order chi connectivity index (χ0) is 28.8. The van der Waals surface area contributed by atoms with Crippen molar-refractivity contribution < 1.29 is 35.3 Å². The fourth-order valence-corrected chi connectivity index (χ4v) is 4.88. The van der Waals surface area contributed by atoms with Gasteiger partial charge in [0, 0.05) is 18.8 Å². The lowest BCUT2D eigenvalue weighted by atomic mass is 10.1. The maximum absolute atomic E-state index is 13.2. The second kappa shape index (κ2) is 12.4. The Labute approximate surface area is 226 Å². The Morgan fingerprint density at radius 3 is 2.36 bits per heavy atom. The van der Waals surface area contributed by atoms with Crippen LogP contribution in [-0.2, 0) is 29.3 Å². The lowest BCUT2D eigenvalue weighted by Gasteiger charge is -2.26. The van der Waals surface area contributed by atoms with Crippen LogP contribution in [0.25, 0.3) is 0 Å². The highest BCUT2D eigenvalue weighted by Crippen LogP contribution is 2.34. The van der Waals surface area contributed by atoms with Gasteiger partial charge in [-0.2, -0.15) is 21.6 Å². The largest absolute Gasteiger partial charge is 0.493 e. The number of rotatable bonds is 10. The average Bonchev–Trinajstić information content (AvgIpc) is 2.88. The monoisotopic (exact) mass is 564 g/mol. The van der Waals surface area contributed by atoms with Crippen LogP contribution in [0, 0.1) is 5.92 Å². The molecule has 1 N–H and O–H groups in total. The number of nitrogens with zero attached hydrogens (tertiary/aromatic N) is 1. The number of aryl methyl sites for hydroxylation is 1. The first-order valence-electron chi connectivity index (χ1n) is 12.3. The number of ether oxygens (including phenoxy) is 1. The molecule has 3 aromatic carbocycles. The van der Waals surface area contributed by atoms with Gasteiger partial charge in [0.1, 0.15) is 4.90 Å². The number of para-hydroxylation sites is 1. The highest BCUT2D eigenvalue weighted by atomic mass is 32.2. The van der Waals surface area contributed by atoms with Gasteiger partial charge in [-0.1, -0.05) is 51.1 Å². The van der Waals surface area contributed by atoms with Crippen LogP contribution >= 0.6 is 0 Å². The molecule has 0 atom stereocenters. The third-order valence-electron chi connectivity index (χ3n) is 5.76. The van der Waals surface area contributed by atoms with E-state index in [0.29, 0.717) is 23.9 Å². The molecule has 3 rings (SSSR count). The molecule has 0 fully saturated rings. The van der Waals surface area contributed by atoms with Crippen LogP contribution in [0.3, 0.4) is 0 Å². The molecule has 39 heavy (non-hydrogen) atoms. The highest BCUT2D eigenvalue weighted by molar-refractivity contribution is 7.87. The van der Waals surface area contributed by atoms with Crippen molar-refractivity contribution in [1.29, 1.82) is 0 Å². The molecular weight excluding hydrogens is 533 g/mol. The van der Waals surface area contributed by atoms with Crippen molar-refractivity contribution in [2.45, 2.75) is 44.8 Å². The van der Waals surface area contributed by atoms with Crippen LogP contribution in [-0.4, -0.2) is 33.0 Å². The number of halogens is 3. The number of hydrogen-bond acceptors (Lipinski definition) is 5. The first-order valence-corrected chi connectivity index (χ1v) is 13.7. The number of amides is 2. The van der Waals surface area contributed by atoms with E-state index in [4.69, 9.17) is 8.92 Å². The number of hydrogen-bond donors (Lipinski definition) is 1. The molecule has 0 aliphatic carbocycles. The van der Waals surface area contributed by atoms with Crippen molar-refractivity contribution in [3.63, 3.8) is 0 Å². The molecule has 0 unspecified atom stereocenters. The summed E-state index contributed by atoms with van der Waals surface area (Å²) in [6.07, 6.45) is -3.98. The maximum Gasteiger partial charge on any atom is 0.416 e. The van der Waals surface area contributed by atoms with Crippen molar-refractivity contribution in [2.75, 3.05) is 19.0 Å². The Morgan fingerprint density at radius 2 is 1.72 bits per heavy atom. The Morgan fingerprint density at radius 1 is 1.00 bits per heavy atom. The van der Waals surface area contributed by atoms with E-state index >= 15 is 0 Å². The second-order valence-electron chi connectivity index (χ2n) is 9.26. The summed E-state index contributed by atoms with van der Waals surface area (Å²) >= 11 is 0. The molecule has 0 saturated heterocycles. The van der Waals surface area contributed by atoms with Gasteiger partial charge in [0.05, 0.1) is 12.7 Å². The molecule has 3 aromatic rings. The number of alkyl halides is 3. The predicted molar refractivity (Wildman–Crippen MR) is 142 cm³/mol. The number of urea groups is 1. The minimum Gasteiger partial charge on any atom is -0.493 e. The number of methoxy groups -OCH3 is 1. The smallest absolute Gasteiger partial charge is 0.416 e. The van der Waals surface area contributed by atoms with Crippen molar-refractivity contribution >= 4 is 21.8 Å². The van der Waals surface area contributed by atoms with E-state index in [9.17, 15) is 26.4 Å². The van der Waals surface area contributed by atoms with Crippen molar-refractivity contribution in [3.05, 3.63) is 83.4 Å². The molecule has 0 radical (unpaired) electrons. The van der Waals surface area contributed by atoms with Crippen LogP contribution in [0.1, 0.15) is 37.5 Å². The van der Waals surface area contributed by atoms with E-state index in [1.54, 1.807) is 11.0 Å². The van der Waals surface area contributed by atoms with E-state index in [1.165, 1.54) is 19.2 Å². The van der Waals surface area contributed by atoms with Gasteiger partial charge in [0.2, 0.25) is 0 Å². The van der Waals surface area contributed by atoms with Crippen LogP contribution < -0.4 is 14.2 Å². The Hall–Kier alpha value is -3.73. The number of anilines is 1.